The molecule has 0 unspecified atom stereocenters. The zero-order valence-electron chi connectivity index (χ0n) is 12.6. The Morgan fingerprint density at radius 3 is 2.95 bits per heavy atom. The van der Waals surface area contributed by atoms with Gasteiger partial charge in [0.05, 0.1) is 0 Å². The Morgan fingerprint density at radius 2 is 2.05 bits per heavy atom. The van der Waals surface area contributed by atoms with Crippen LogP contribution in [0.1, 0.15) is 56.1 Å². The maximum atomic E-state index is 3.64. The molecule has 0 saturated heterocycles. The van der Waals surface area contributed by atoms with Gasteiger partial charge < -0.3 is 10.6 Å². The van der Waals surface area contributed by atoms with Gasteiger partial charge in [-0.15, -0.1) is 0 Å². The van der Waals surface area contributed by atoms with Crippen molar-refractivity contribution in [2.45, 2.75) is 57.9 Å². The van der Waals surface area contributed by atoms with Crippen LogP contribution in [0.2, 0.25) is 0 Å². The molecule has 0 amide bonds. The first-order valence-corrected chi connectivity index (χ1v) is 8.49. The molecular formula is C18H28N2. The van der Waals surface area contributed by atoms with Crippen LogP contribution < -0.4 is 10.6 Å². The summed E-state index contributed by atoms with van der Waals surface area (Å²) in [5.41, 5.74) is 4.35. The number of benzene rings is 1. The van der Waals surface area contributed by atoms with Crippen LogP contribution in [0.15, 0.2) is 18.2 Å². The largest absolute Gasteiger partial charge is 0.385 e. The Hall–Kier alpha value is -1.02. The molecule has 3 rings (SSSR count). The fourth-order valence-electron chi connectivity index (χ4n) is 3.77. The van der Waals surface area contributed by atoms with E-state index in [0.717, 1.165) is 19.0 Å². The minimum atomic E-state index is 1.01. The second-order valence-corrected chi connectivity index (χ2v) is 6.45. The van der Waals surface area contributed by atoms with Gasteiger partial charge in [0.2, 0.25) is 0 Å². The van der Waals surface area contributed by atoms with Gasteiger partial charge in [-0.2, -0.15) is 0 Å². The van der Waals surface area contributed by atoms with E-state index in [1.165, 1.54) is 74.7 Å². The van der Waals surface area contributed by atoms with E-state index in [2.05, 4.69) is 28.8 Å². The second-order valence-electron chi connectivity index (χ2n) is 6.45. The molecule has 2 nitrogen and oxygen atoms in total. The van der Waals surface area contributed by atoms with E-state index in [4.69, 9.17) is 0 Å². The van der Waals surface area contributed by atoms with Crippen LogP contribution in [0.5, 0.6) is 0 Å². The molecule has 0 radical (unpaired) electrons. The predicted octanol–water partition coefficient (Wildman–Crippen LogP) is 4.10. The van der Waals surface area contributed by atoms with Crippen molar-refractivity contribution in [3.8, 4) is 0 Å². The molecule has 2 N–H and O–H groups in total. The number of anilines is 1. The summed E-state index contributed by atoms with van der Waals surface area (Å²) in [5, 5.41) is 7.21. The third kappa shape index (κ3) is 3.54. The molecule has 1 aromatic carbocycles. The zero-order valence-corrected chi connectivity index (χ0v) is 12.6. The summed E-state index contributed by atoms with van der Waals surface area (Å²) < 4.78 is 0. The third-order valence-corrected chi connectivity index (χ3v) is 4.92. The monoisotopic (exact) mass is 272 g/mol. The van der Waals surface area contributed by atoms with Crippen LogP contribution in [-0.2, 0) is 13.0 Å². The molecular weight excluding hydrogens is 244 g/mol. The number of para-hydroxylation sites is 1. The maximum Gasteiger partial charge on any atom is 0.0418 e. The fraction of sp³-hybridized carbons (Fsp3) is 0.667. The van der Waals surface area contributed by atoms with Gasteiger partial charge in [-0.25, -0.2) is 0 Å². The molecule has 1 aliphatic carbocycles. The molecule has 110 valence electrons. The van der Waals surface area contributed by atoms with E-state index in [1.54, 1.807) is 0 Å². The lowest BCUT2D eigenvalue weighted by Crippen LogP contribution is -2.19. The lowest BCUT2D eigenvalue weighted by molar-refractivity contribution is 0.470. The molecule has 2 aliphatic rings. The van der Waals surface area contributed by atoms with Crippen LogP contribution in [0, 0.1) is 5.92 Å². The van der Waals surface area contributed by atoms with Gasteiger partial charge in [0.15, 0.2) is 0 Å². The summed E-state index contributed by atoms with van der Waals surface area (Å²) in [4.78, 5) is 0. The van der Waals surface area contributed by atoms with Gasteiger partial charge in [0, 0.05) is 18.8 Å². The van der Waals surface area contributed by atoms with Crippen molar-refractivity contribution in [3.05, 3.63) is 29.3 Å². The first-order valence-electron chi connectivity index (χ1n) is 8.49. The van der Waals surface area contributed by atoms with Gasteiger partial charge in [0.1, 0.15) is 0 Å². The Labute approximate surface area is 123 Å². The minimum absolute atomic E-state index is 1.01. The van der Waals surface area contributed by atoms with Gasteiger partial charge >= 0.3 is 0 Å². The van der Waals surface area contributed by atoms with Crippen molar-refractivity contribution < 1.29 is 0 Å². The van der Waals surface area contributed by atoms with Gasteiger partial charge in [-0.3, -0.25) is 0 Å². The molecule has 1 aromatic rings. The average molecular weight is 272 g/mol. The highest BCUT2D eigenvalue weighted by molar-refractivity contribution is 5.59. The Morgan fingerprint density at radius 1 is 1.15 bits per heavy atom. The number of fused-ring (bicyclic) bond motifs is 1. The number of nitrogens with one attached hydrogen (secondary N) is 2. The lowest BCUT2D eigenvalue weighted by atomic mass is 9.99. The van der Waals surface area contributed by atoms with Crippen LogP contribution in [0.3, 0.4) is 0 Å². The smallest absolute Gasteiger partial charge is 0.0418 e. The van der Waals surface area contributed by atoms with Crippen molar-refractivity contribution in [3.63, 3.8) is 0 Å². The standard InChI is InChI=1S/C18H28N2/c1-2-7-15(6-1)8-4-12-19-14-17-10-3-9-16-11-5-13-20-18(16)17/h3,9-10,15,19-20H,1-2,4-8,11-14H2. The number of hydrogen-bond donors (Lipinski definition) is 2. The van der Waals surface area contributed by atoms with E-state index in [0.29, 0.717) is 0 Å². The molecule has 1 heterocycles. The molecule has 1 saturated carbocycles. The summed E-state index contributed by atoms with van der Waals surface area (Å²) in [6.45, 7) is 3.31. The molecule has 1 aliphatic heterocycles. The van der Waals surface area contributed by atoms with E-state index >= 15 is 0 Å². The number of hydrogen-bond acceptors (Lipinski definition) is 2. The summed E-state index contributed by atoms with van der Waals surface area (Å²) >= 11 is 0. The molecule has 2 heteroatoms. The van der Waals surface area contributed by atoms with Crippen molar-refractivity contribution in [1.29, 1.82) is 0 Å². The van der Waals surface area contributed by atoms with Crippen molar-refractivity contribution in [2.24, 2.45) is 5.92 Å². The highest BCUT2D eigenvalue weighted by Crippen LogP contribution is 2.28. The van der Waals surface area contributed by atoms with Gasteiger partial charge in [0.25, 0.3) is 0 Å². The Kier molecular flexibility index (Phi) is 4.96. The lowest BCUT2D eigenvalue weighted by Gasteiger charge is -2.21. The first kappa shape index (κ1) is 13.9. The van der Waals surface area contributed by atoms with Crippen molar-refractivity contribution >= 4 is 5.69 Å². The molecule has 0 bridgehead atoms. The van der Waals surface area contributed by atoms with E-state index in [1.807, 2.05) is 0 Å². The maximum absolute atomic E-state index is 3.64. The Balaban J connectivity index is 1.42. The molecule has 0 aromatic heterocycles. The van der Waals surface area contributed by atoms with Crippen LogP contribution in [-0.4, -0.2) is 13.1 Å². The van der Waals surface area contributed by atoms with E-state index < -0.39 is 0 Å². The molecule has 0 atom stereocenters. The van der Waals surface area contributed by atoms with Crippen LogP contribution in [0.25, 0.3) is 0 Å². The van der Waals surface area contributed by atoms with Crippen LogP contribution >= 0.6 is 0 Å². The Bertz CT molecular complexity index is 421. The zero-order chi connectivity index (χ0) is 13.6. The predicted molar refractivity (Wildman–Crippen MR) is 86.2 cm³/mol. The quantitative estimate of drug-likeness (QED) is 0.762. The third-order valence-electron chi connectivity index (χ3n) is 4.92. The van der Waals surface area contributed by atoms with Crippen molar-refractivity contribution in [1.82, 2.24) is 5.32 Å². The van der Waals surface area contributed by atoms with Gasteiger partial charge in [-0.05, 0) is 49.3 Å². The number of aryl methyl sites for hydroxylation is 1. The SMILES string of the molecule is c1cc2c(c(CNCCCC3CCCC3)c1)NCCC2. The van der Waals surface area contributed by atoms with E-state index in [9.17, 15) is 0 Å². The van der Waals surface area contributed by atoms with Crippen LogP contribution in [0.4, 0.5) is 5.69 Å². The topological polar surface area (TPSA) is 24.1 Å². The normalized spacial score (nSPS) is 18.8. The molecule has 0 spiro atoms. The van der Waals surface area contributed by atoms with Gasteiger partial charge in [-0.1, -0.05) is 43.9 Å². The number of rotatable bonds is 6. The summed E-state index contributed by atoms with van der Waals surface area (Å²) in [7, 11) is 0. The molecule has 20 heavy (non-hydrogen) atoms. The summed E-state index contributed by atoms with van der Waals surface area (Å²) in [5.74, 6) is 1.03. The molecule has 1 fully saturated rings. The summed E-state index contributed by atoms with van der Waals surface area (Å²) in [6.07, 6.45) is 11.2. The fourth-order valence-corrected chi connectivity index (χ4v) is 3.77. The second kappa shape index (κ2) is 7.12. The highest BCUT2D eigenvalue weighted by Gasteiger charge is 2.14. The van der Waals surface area contributed by atoms with Crippen molar-refractivity contribution in [2.75, 3.05) is 18.4 Å². The highest BCUT2D eigenvalue weighted by atomic mass is 14.9. The van der Waals surface area contributed by atoms with E-state index in [-0.39, 0.29) is 0 Å². The minimum Gasteiger partial charge on any atom is -0.385 e. The average Bonchev–Trinajstić information content (AvgIpc) is 3.00. The summed E-state index contributed by atoms with van der Waals surface area (Å²) in [6, 6.07) is 6.74. The first-order chi connectivity index (χ1) is 9.93.